The summed E-state index contributed by atoms with van der Waals surface area (Å²) in [7, 11) is 0. The smallest absolute Gasteiger partial charge is 0.239 e. The van der Waals surface area contributed by atoms with Crippen LogP contribution in [-0.4, -0.2) is 45.0 Å². The molecule has 1 aliphatic rings. The molecular weight excluding hydrogens is 326 g/mol. The van der Waals surface area contributed by atoms with E-state index in [1.165, 1.54) is 5.52 Å². The fourth-order valence-electron chi connectivity index (χ4n) is 3.58. The monoisotopic (exact) mass is 349 g/mol. The SMILES string of the molecule is O=C(CN1CCC(Cn2cnc3ccccc32)CC1)Nc1ccccn1. The molecular formula is C20H23N5O. The molecule has 1 aromatic carbocycles. The van der Waals surface area contributed by atoms with Crippen molar-refractivity contribution in [3.05, 3.63) is 55.0 Å². The predicted octanol–water partition coefficient (Wildman–Crippen LogP) is 2.78. The van der Waals surface area contributed by atoms with Gasteiger partial charge in [0, 0.05) is 12.7 Å². The molecule has 0 bridgehead atoms. The molecule has 3 heterocycles. The van der Waals surface area contributed by atoms with Crippen LogP contribution in [0.5, 0.6) is 0 Å². The standard InChI is InChI=1S/C20H23N5O/c26-20(23-19-7-3-4-10-21-19)14-24-11-8-16(9-12-24)13-25-15-22-17-5-1-2-6-18(17)25/h1-7,10,15-16H,8-9,11-14H2,(H,21,23,26). The average molecular weight is 349 g/mol. The minimum atomic E-state index is 0.00255. The van der Waals surface area contributed by atoms with Crippen LogP contribution in [0.25, 0.3) is 11.0 Å². The molecule has 1 fully saturated rings. The number of benzene rings is 1. The van der Waals surface area contributed by atoms with Crippen molar-refractivity contribution >= 4 is 22.8 Å². The highest BCUT2D eigenvalue weighted by atomic mass is 16.2. The number of hydrogen-bond acceptors (Lipinski definition) is 4. The number of pyridine rings is 1. The number of likely N-dealkylation sites (tertiary alicyclic amines) is 1. The highest BCUT2D eigenvalue weighted by molar-refractivity contribution is 5.91. The molecule has 4 rings (SSSR count). The van der Waals surface area contributed by atoms with Gasteiger partial charge in [0.25, 0.3) is 0 Å². The second-order valence-electron chi connectivity index (χ2n) is 6.87. The lowest BCUT2D eigenvalue weighted by molar-refractivity contribution is -0.117. The van der Waals surface area contributed by atoms with Crippen LogP contribution >= 0.6 is 0 Å². The van der Waals surface area contributed by atoms with E-state index >= 15 is 0 Å². The van der Waals surface area contributed by atoms with Crippen molar-refractivity contribution < 1.29 is 4.79 Å². The first-order valence-electron chi connectivity index (χ1n) is 9.11. The molecule has 0 unspecified atom stereocenters. The van der Waals surface area contributed by atoms with E-state index in [0.29, 0.717) is 18.3 Å². The highest BCUT2D eigenvalue weighted by Gasteiger charge is 2.21. The van der Waals surface area contributed by atoms with E-state index in [9.17, 15) is 4.79 Å². The number of nitrogens with zero attached hydrogens (tertiary/aromatic N) is 4. The molecule has 1 aliphatic heterocycles. The minimum absolute atomic E-state index is 0.00255. The van der Waals surface area contributed by atoms with E-state index in [2.05, 4.69) is 43.0 Å². The van der Waals surface area contributed by atoms with Crippen LogP contribution in [0.4, 0.5) is 5.82 Å². The Morgan fingerprint density at radius 3 is 2.69 bits per heavy atom. The lowest BCUT2D eigenvalue weighted by Gasteiger charge is -2.31. The normalized spacial score (nSPS) is 16.0. The van der Waals surface area contributed by atoms with Crippen LogP contribution in [0.2, 0.25) is 0 Å². The maximum absolute atomic E-state index is 12.2. The molecule has 6 heteroatoms. The maximum Gasteiger partial charge on any atom is 0.239 e. The Morgan fingerprint density at radius 2 is 1.88 bits per heavy atom. The Bertz CT molecular complexity index is 868. The number of aromatic nitrogens is 3. The minimum Gasteiger partial charge on any atom is -0.330 e. The zero-order chi connectivity index (χ0) is 17.8. The largest absolute Gasteiger partial charge is 0.330 e. The van der Waals surface area contributed by atoms with Crippen LogP contribution < -0.4 is 5.32 Å². The van der Waals surface area contributed by atoms with E-state index < -0.39 is 0 Å². The summed E-state index contributed by atoms with van der Waals surface area (Å²) >= 11 is 0. The summed E-state index contributed by atoms with van der Waals surface area (Å²) in [6.07, 6.45) is 5.82. The Kier molecular flexibility index (Phi) is 4.93. The van der Waals surface area contributed by atoms with Crippen LogP contribution in [0.3, 0.4) is 0 Å². The van der Waals surface area contributed by atoms with Gasteiger partial charge in [-0.3, -0.25) is 9.69 Å². The second kappa shape index (κ2) is 7.66. The van der Waals surface area contributed by atoms with E-state index in [-0.39, 0.29) is 5.91 Å². The van der Waals surface area contributed by atoms with Crippen LogP contribution in [0, 0.1) is 5.92 Å². The fraction of sp³-hybridized carbons (Fsp3) is 0.350. The molecule has 0 saturated carbocycles. The molecule has 0 spiro atoms. The van der Waals surface area contributed by atoms with Gasteiger partial charge in [-0.05, 0) is 56.1 Å². The zero-order valence-corrected chi connectivity index (χ0v) is 14.7. The third kappa shape index (κ3) is 3.91. The van der Waals surface area contributed by atoms with Crippen molar-refractivity contribution in [3.8, 4) is 0 Å². The van der Waals surface area contributed by atoms with Gasteiger partial charge < -0.3 is 9.88 Å². The number of fused-ring (bicyclic) bond motifs is 1. The number of carbonyl (C=O) groups excluding carboxylic acids is 1. The number of nitrogens with one attached hydrogen (secondary N) is 1. The molecule has 1 amide bonds. The summed E-state index contributed by atoms with van der Waals surface area (Å²) in [4.78, 5) is 23.0. The summed E-state index contributed by atoms with van der Waals surface area (Å²) in [6, 6.07) is 13.8. The van der Waals surface area contributed by atoms with Gasteiger partial charge in [0.15, 0.2) is 0 Å². The molecule has 1 N–H and O–H groups in total. The van der Waals surface area contributed by atoms with Crippen molar-refractivity contribution in [2.45, 2.75) is 19.4 Å². The topological polar surface area (TPSA) is 63.1 Å². The first-order valence-corrected chi connectivity index (χ1v) is 9.11. The van der Waals surface area contributed by atoms with Crippen molar-refractivity contribution in [3.63, 3.8) is 0 Å². The number of amides is 1. The summed E-state index contributed by atoms with van der Waals surface area (Å²) in [5.41, 5.74) is 2.25. The number of para-hydroxylation sites is 2. The van der Waals surface area contributed by atoms with E-state index in [4.69, 9.17) is 0 Å². The van der Waals surface area contributed by atoms with Crippen LogP contribution in [-0.2, 0) is 11.3 Å². The number of rotatable bonds is 5. The average Bonchev–Trinajstić information content (AvgIpc) is 3.07. The molecule has 134 valence electrons. The molecule has 0 radical (unpaired) electrons. The molecule has 0 aliphatic carbocycles. The molecule has 6 nitrogen and oxygen atoms in total. The van der Waals surface area contributed by atoms with Crippen LogP contribution in [0.15, 0.2) is 55.0 Å². The molecule has 26 heavy (non-hydrogen) atoms. The quantitative estimate of drug-likeness (QED) is 0.769. The number of carbonyl (C=O) groups is 1. The number of anilines is 1. The van der Waals surface area contributed by atoms with Gasteiger partial charge in [-0.1, -0.05) is 18.2 Å². The Hall–Kier alpha value is -2.73. The number of hydrogen-bond donors (Lipinski definition) is 1. The van der Waals surface area contributed by atoms with Gasteiger partial charge in [0.2, 0.25) is 5.91 Å². The Labute approximate surface area is 152 Å². The van der Waals surface area contributed by atoms with Gasteiger partial charge in [0.05, 0.1) is 23.9 Å². The van der Waals surface area contributed by atoms with Crippen molar-refractivity contribution in [2.24, 2.45) is 5.92 Å². The van der Waals surface area contributed by atoms with Crippen molar-refractivity contribution in [2.75, 3.05) is 25.0 Å². The summed E-state index contributed by atoms with van der Waals surface area (Å²) in [5.74, 6) is 1.24. The van der Waals surface area contributed by atoms with Gasteiger partial charge in [-0.15, -0.1) is 0 Å². The lowest BCUT2D eigenvalue weighted by Crippen LogP contribution is -2.40. The van der Waals surface area contributed by atoms with Crippen molar-refractivity contribution in [1.29, 1.82) is 0 Å². The van der Waals surface area contributed by atoms with Gasteiger partial charge >= 0.3 is 0 Å². The number of piperidine rings is 1. The first-order chi connectivity index (χ1) is 12.8. The van der Waals surface area contributed by atoms with E-state index in [1.807, 2.05) is 24.5 Å². The zero-order valence-electron chi connectivity index (χ0n) is 14.7. The molecule has 0 atom stereocenters. The maximum atomic E-state index is 12.2. The number of imidazole rings is 1. The van der Waals surface area contributed by atoms with E-state index in [1.54, 1.807) is 12.3 Å². The van der Waals surface area contributed by atoms with E-state index in [0.717, 1.165) is 38.0 Å². The van der Waals surface area contributed by atoms with Gasteiger partial charge in [0.1, 0.15) is 5.82 Å². The lowest BCUT2D eigenvalue weighted by atomic mass is 9.96. The summed E-state index contributed by atoms with van der Waals surface area (Å²) in [5, 5.41) is 2.85. The van der Waals surface area contributed by atoms with Crippen LogP contribution in [0.1, 0.15) is 12.8 Å². The first kappa shape index (κ1) is 16.7. The third-order valence-corrected chi connectivity index (χ3v) is 4.99. The Balaban J connectivity index is 1.27. The Morgan fingerprint density at radius 1 is 1.08 bits per heavy atom. The molecule has 2 aromatic heterocycles. The van der Waals surface area contributed by atoms with Gasteiger partial charge in [-0.25, -0.2) is 9.97 Å². The fourth-order valence-corrected chi connectivity index (χ4v) is 3.58. The third-order valence-electron chi connectivity index (χ3n) is 4.99. The highest BCUT2D eigenvalue weighted by Crippen LogP contribution is 2.21. The van der Waals surface area contributed by atoms with Gasteiger partial charge in [-0.2, -0.15) is 0 Å². The molecule has 1 saturated heterocycles. The predicted molar refractivity (Wildman–Crippen MR) is 102 cm³/mol. The summed E-state index contributed by atoms with van der Waals surface area (Å²) in [6.45, 7) is 3.33. The second-order valence-corrected chi connectivity index (χ2v) is 6.87. The summed E-state index contributed by atoms with van der Waals surface area (Å²) < 4.78 is 2.25. The van der Waals surface area contributed by atoms with Crippen molar-refractivity contribution in [1.82, 2.24) is 19.4 Å². The molecule has 3 aromatic rings.